The van der Waals surface area contributed by atoms with Gasteiger partial charge in [-0.1, -0.05) is 25.5 Å². The standard InChI is InChI=1S/C17H28N2O/c1-2-4-16-9-11-19(14-16)10-3-12-20-17-7-5-15(13-18)6-8-17/h5-8,16H,2-4,9-14,18H2,1H3. The van der Waals surface area contributed by atoms with Crippen molar-refractivity contribution in [1.82, 2.24) is 4.90 Å². The minimum absolute atomic E-state index is 0.591. The molecule has 2 rings (SSSR count). The van der Waals surface area contributed by atoms with Gasteiger partial charge in [-0.05, 0) is 49.4 Å². The summed E-state index contributed by atoms with van der Waals surface area (Å²) in [5.74, 6) is 1.89. The molecule has 2 N–H and O–H groups in total. The van der Waals surface area contributed by atoms with E-state index in [4.69, 9.17) is 10.5 Å². The van der Waals surface area contributed by atoms with Gasteiger partial charge in [0.15, 0.2) is 0 Å². The Morgan fingerprint density at radius 2 is 2.10 bits per heavy atom. The average Bonchev–Trinajstić information content (AvgIpc) is 2.92. The van der Waals surface area contributed by atoms with Gasteiger partial charge in [-0.15, -0.1) is 0 Å². The van der Waals surface area contributed by atoms with E-state index in [0.29, 0.717) is 6.54 Å². The summed E-state index contributed by atoms with van der Waals surface area (Å²) in [6.45, 7) is 7.41. The van der Waals surface area contributed by atoms with Crippen LogP contribution in [0.3, 0.4) is 0 Å². The van der Waals surface area contributed by atoms with Crippen molar-refractivity contribution < 1.29 is 4.74 Å². The molecule has 1 aromatic carbocycles. The van der Waals surface area contributed by atoms with Crippen LogP contribution in [-0.4, -0.2) is 31.1 Å². The van der Waals surface area contributed by atoms with Crippen molar-refractivity contribution in [1.29, 1.82) is 0 Å². The Hall–Kier alpha value is -1.06. The number of hydrogen-bond acceptors (Lipinski definition) is 3. The van der Waals surface area contributed by atoms with Crippen molar-refractivity contribution in [3.8, 4) is 5.75 Å². The first kappa shape index (κ1) is 15.3. The molecule has 1 heterocycles. The van der Waals surface area contributed by atoms with Crippen molar-refractivity contribution in [2.75, 3.05) is 26.2 Å². The maximum absolute atomic E-state index is 5.77. The summed E-state index contributed by atoms with van der Waals surface area (Å²) < 4.78 is 5.77. The highest BCUT2D eigenvalue weighted by atomic mass is 16.5. The zero-order chi connectivity index (χ0) is 14.2. The minimum atomic E-state index is 0.591. The summed E-state index contributed by atoms with van der Waals surface area (Å²) >= 11 is 0. The van der Waals surface area contributed by atoms with E-state index in [2.05, 4.69) is 11.8 Å². The summed E-state index contributed by atoms with van der Waals surface area (Å²) in [5, 5.41) is 0. The van der Waals surface area contributed by atoms with Crippen molar-refractivity contribution in [3.63, 3.8) is 0 Å². The van der Waals surface area contributed by atoms with E-state index in [1.807, 2.05) is 24.3 Å². The van der Waals surface area contributed by atoms with Gasteiger partial charge >= 0.3 is 0 Å². The molecular weight excluding hydrogens is 248 g/mol. The van der Waals surface area contributed by atoms with Gasteiger partial charge in [0.05, 0.1) is 6.61 Å². The molecule has 0 aliphatic carbocycles. The first-order valence-corrected chi connectivity index (χ1v) is 7.96. The van der Waals surface area contributed by atoms with E-state index in [0.717, 1.165) is 30.3 Å². The van der Waals surface area contributed by atoms with Crippen LogP contribution < -0.4 is 10.5 Å². The van der Waals surface area contributed by atoms with Crippen molar-refractivity contribution in [2.45, 2.75) is 39.2 Å². The lowest BCUT2D eigenvalue weighted by Gasteiger charge is -2.16. The number of nitrogens with two attached hydrogens (primary N) is 1. The van der Waals surface area contributed by atoms with Crippen LogP contribution in [0.4, 0.5) is 0 Å². The van der Waals surface area contributed by atoms with E-state index >= 15 is 0 Å². The van der Waals surface area contributed by atoms with Gasteiger partial charge in [-0.3, -0.25) is 0 Å². The number of likely N-dealkylation sites (tertiary alicyclic amines) is 1. The monoisotopic (exact) mass is 276 g/mol. The molecule has 0 saturated carbocycles. The Morgan fingerprint density at radius 1 is 1.30 bits per heavy atom. The molecule has 0 aromatic heterocycles. The van der Waals surface area contributed by atoms with Crippen LogP contribution in [0.15, 0.2) is 24.3 Å². The van der Waals surface area contributed by atoms with Crippen LogP contribution in [-0.2, 0) is 6.54 Å². The maximum atomic E-state index is 5.77. The number of nitrogens with zero attached hydrogens (tertiary/aromatic N) is 1. The highest BCUT2D eigenvalue weighted by molar-refractivity contribution is 5.26. The molecular formula is C17H28N2O. The van der Waals surface area contributed by atoms with Crippen LogP contribution >= 0.6 is 0 Å². The lowest BCUT2D eigenvalue weighted by Crippen LogP contribution is -2.23. The molecule has 0 radical (unpaired) electrons. The Labute approximate surface area is 123 Å². The number of rotatable bonds is 8. The molecule has 20 heavy (non-hydrogen) atoms. The fourth-order valence-corrected chi connectivity index (χ4v) is 2.96. The number of ether oxygens (including phenoxy) is 1. The van der Waals surface area contributed by atoms with Crippen LogP contribution in [0.2, 0.25) is 0 Å². The molecule has 1 aliphatic rings. The normalized spacial score (nSPS) is 19.4. The third-order valence-corrected chi connectivity index (χ3v) is 4.11. The van der Waals surface area contributed by atoms with Gasteiger partial charge in [0, 0.05) is 19.6 Å². The molecule has 1 aliphatic heterocycles. The smallest absolute Gasteiger partial charge is 0.119 e. The molecule has 0 spiro atoms. The highest BCUT2D eigenvalue weighted by Gasteiger charge is 2.20. The van der Waals surface area contributed by atoms with Gasteiger partial charge in [0.25, 0.3) is 0 Å². The molecule has 1 fully saturated rings. The molecule has 1 atom stereocenters. The number of hydrogen-bond donors (Lipinski definition) is 1. The van der Waals surface area contributed by atoms with Gasteiger partial charge in [-0.2, -0.15) is 0 Å². The van der Waals surface area contributed by atoms with Crippen LogP contribution in [0.1, 0.15) is 38.2 Å². The van der Waals surface area contributed by atoms with Crippen LogP contribution in [0.5, 0.6) is 5.75 Å². The highest BCUT2D eigenvalue weighted by Crippen LogP contribution is 2.20. The van der Waals surface area contributed by atoms with Gasteiger partial charge in [0.1, 0.15) is 5.75 Å². The summed E-state index contributed by atoms with van der Waals surface area (Å²) in [4.78, 5) is 2.58. The van der Waals surface area contributed by atoms with E-state index in [-0.39, 0.29) is 0 Å². The molecule has 1 saturated heterocycles. The zero-order valence-electron chi connectivity index (χ0n) is 12.7. The fourth-order valence-electron chi connectivity index (χ4n) is 2.96. The first-order chi connectivity index (χ1) is 9.81. The van der Waals surface area contributed by atoms with E-state index in [1.165, 1.54) is 38.9 Å². The molecule has 3 heteroatoms. The summed E-state index contributed by atoms with van der Waals surface area (Å²) in [6, 6.07) is 8.08. The predicted molar refractivity (Wildman–Crippen MR) is 83.9 cm³/mol. The van der Waals surface area contributed by atoms with Gasteiger partial charge in [-0.25, -0.2) is 0 Å². The first-order valence-electron chi connectivity index (χ1n) is 7.96. The van der Waals surface area contributed by atoms with Crippen LogP contribution in [0, 0.1) is 5.92 Å². The fraction of sp³-hybridized carbons (Fsp3) is 0.647. The third-order valence-electron chi connectivity index (χ3n) is 4.11. The van der Waals surface area contributed by atoms with E-state index in [9.17, 15) is 0 Å². The second-order valence-electron chi connectivity index (χ2n) is 5.79. The molecule has 1 unspecified atom stereocenters. The lowest BCUT2D eigenvalue weighted by atomic mass is 10.0. The SMILES string of the molecule is CCCC1CCN(CCCOc2ccc(CN)cc2)C1. The Morgan fingerprint density at radius 3 is 2.80 bits per heavy atom. The van der Waals surface area contributed by atoms with E-state index in [1.54, 1.807) is 0 Å². The topological polar surface area (TPSA) is 38.5 Å². The molecule has 0 amide bonds. The lowest BCUT2D eigenvalue weighted by molar-refractivity contribution is 0.257. The van der Waals surface area contributed by atoms with Crippen molar-refractivity contribution in [2.24, 2.45) is 11.7 Å². The molecule has 112 valence electrons. The summed E-state index contributed by atoms with van der Waals surface area (Å²) in [6.07, 6.45) is 5.20. The Balaban J connectivity index is 1.59. The van der Waals surface area contributed by atoms with Crippen molar-refractivity contribution in [3.05, 3.63) is 29.8 Å². The van der Waals surface area contributed by atoms with Gasteiger partial charge in [0.2, 0.25) is 0 Å². The largest absolute Gasteiger partial charge is 0.494 e. The summed E-state index contributed by atoms with van der Waals surface area (Å²) in [7, 11) is 0. The third kappa shape index (κ3) is 4.80. The van der Waals surface area contributed by atoms with Crippen LogP contribution in [0.25, 0.3) is 0 Å². The zero-order valence-corrected chi connectivity index (χ0v) is 12.7. The second-order valence-corrected chi connectivity index (χ2v) is 5.79. The van der Waals surface area contributed by atoms with Crippen molar-refractivity contribution >= 4 is 0 Å². The predicted octanol–water partition coefficient (Wildman–Crippen LogP) is 3.04. The molecule has 0 bridgehead atoms. The Kier molecular flexibility index (Phi) is 6.34. The second kappa shape index (κ2) is 8.28. The van der Waals surface area contributed by atoms with E-state index < -0.39 is 0 Å². The summed E-state index contributed by atoms with van der Waals surface area (Å²) in [5.41, 5.74) is 6.73. The van der Waals surface area contributed by atoms with Gasteiger partial charge < -0.3 is 15.4 Å². The average molecular weight is 276 g/mol. The quantitative estimate of drug-likeness (QED) is 0.742. The Bertz CT molecular complexity index is 377. The maximum Gasteiger partial charge on any atom is 0.119 e. The molecule has 3 nitrogen and oxygen atoms in total. The number of benzene rings is 1. The molecule has 1 aromatic rings. The minimum Gasteiger partial charge on any atom is -0.494 e.